The summed E-state index contributed by atoms with van der Waals surface area (Å²) in [5.74, 6) is -0.770. The molecule has 4 heterocycles. The Hall–Kier alpha value is -2.75. The van der Waals surface area contributed by atoms with Crippen molar-refractivity contribution in [1.29, 1.82) is 0 Å². The molecule has 0 saturated carbocycles. The molecule has 0 fully saturated rings. The molecule has 9 heteroatoms. The van der Waals surface area contributed by atoms with Gasteiger partial charge in [0.05, 0.1) is 11.4 Å². The Bertz CT molecular complexity index is 1380. The van der Waals surface area contributed by atoms with E-state index in [-0.39, 0.29) is 0 Å². The number of pyridine rings is 1. The average Bonchev–Trinajstić information content (AvgIpc) is 3.50. The number of anilines is 2. The van der Waals surface area contributed by atoms with Crippen LogP contribution in [0.15, 0.2) is 48.0 Å². The van der Waals surface area contributed by atoms with Crippen molar-refractivity contribution in [2.45, 2.75) is 19.8 Å². The number of halogens is 2. The van der Waals surface area contributed by atoms with Crippen LogP contribution in [0.3, 0.4) is 0 Å². The molecule has 0 aliphatic carbocycles. The number of benzene rings is 1. The van der Waals surface area contributed by atoms with Gasteiger partial charge in [0.2, 0.25) is 0 Å². The molecule has 0 saturated heterocycles. The molecule has 0 bridgehead atoms. The fourth-order valence-corrected chi connectivity index (χ4v) is 5.54. The molecule has 1 aliphatic heterocycles. The van der Waals surface area contributed by atoms with Gasteiger partial charge in [-0.3, -0.25) is 4.40 Å². The van der Waals surface area contributed by atoms with Gasteiger partial charge in [0.15, 0.2) is 16.8 Å². The minimum absolute atomic E-state index is 0.550. The van der Waals surface area contributed by atoms with E-state index in [1.165, 1.54) is 28.5 Å². The Balaban J connectivity index is 1.52. The van der Waals surface area contributed by atoms with Crippen LogP contribution in [0.2, 0.25) is 0 Å². The standard InChI is InChI=1S/C25H25F2N5S2/c1-4-21-24(30(2)25-29-22(15-34-25)17-5-7-19(26)20(27)13-17)32-14-18(6-8-23(32)28-21)16-9-11-31(33-3)12-10-16/h5-9,13-15H,4,10-12H2,1-3H3. The molecule has 5 nitrogen and oxygen atoms in total. The Morgan fingerprint density at radius 1 is 1.12 bits per heavy atom. The molecule has 3 aromatic heterocycles. The van der Waals surface area contributed by atoms with Gasteiger partial charge in [0.1, 0.15) is 11.5 Å². The van der Waals surface area contributed by atoms with Crippen molar-refractivity contribution in [3.05, 3.63) is 70.9 Å². The van der Waals surface area contributed by atoms with Crippen molar-refractivity contribution >= 4 is 45.5 Å². The van der Waals surface area contributed by atoms with Crippen molar-refractivity contribution in [2.24, 2.45) is 0 Å². The zero-order valence-corrected chi connectivity index (χ0v) is 20.9. The number of thiazole rings is 1. The molecule has 0 spiro atoms. The van der Waals surface area contributed by atoms with E-state index in [4.69, 9.17) is 9.97 Å². The van der Waals surface area contributed by atoms with E-state index >= 15 is 0 Å². The third-order valence-electron chi connectivity index (χ3n) is 6.11. The Labute approximate surface area is 205 Å². The summed E-state index contributed by atoms with van der Waals surface area (Å²) in [4.78, 5) is 11.6. The molecule has 0 atom stereocenters. The first-order valence-electron chi connectivity index (χ1n) is 11.1. The number of aryl methyl sites for hydroxylation is 1. The summed E-state index contributed by atoms with van der Waals surface area (Å²) in [5, 5.41) is 2.62. The van der Waals surface area contributed by atoms with Crippen LogP contribution in [-0.2, 0) is 6.42 Å². The van der Waals surface area contributed by atoms with Gasteiger partial charge >= 0.3 is 0 Å². The van der Waals surface area contributed by atoms with Gasteiger partial charge in [-0.2, -0.15) is 0 Å². The van der Waals surface area contributed by atoms with E-state index in [0.29, 0.717) is 11.3 Å². The summed E-state index contributed by atoms with van der Waals surface area (Å²) < 4.78 is 31.6. The molecule has 176 valence electrons. The predicted octanol–water partition coefficient (Wildman–Crippen LogP) is 6.43. The number of hydrogen-bond donors (Lipinski definition) is 0. The van der Waals surface area contributed by atoms with Crippen molar-refractivity contribution in [3.63, 3.8) is 0 Å². The lowest BCUT2D eigenvalue weighted by Gasteiger charge is -2.24. The van der Waals surface area contributed by atoms with Gasteiger partial charge in [0.25, 0.3) is 0 Å². The number of fused-ring (bicyclic) bond motifs is 1. The highest BCUT2D eigenvalue weighted by atomic mass is 32.2. The van der Waals surface area contributed by atoms with Crippen LogP contribution in [0, 0.1) is 11.6 Å². The SMILES string of the molecule is CCc1nc2ccc(C3=CCN(SC)CC3)cn2c1N(C)c1nc(-c2ccc(F)c(F)c2)cs1. The lowest BCUT2D eigenvalue weighted by atomic mass is 10.0. The molecule has 0 N–H and O–H groups in total. The maximum absolute atomic E-state index is 13.7. The van der Waals surface area contributed by atoms with Gasteiger partial charge < -0.3 is 4.90 Å². The van der Waals surface area contributed by atoms with Crippen LogP contribution in [-0.4, -0.2) is 45.1 Å². The highest BCUT2D eigenvalue weighted by Crippen LogP contribution is 2.35. The number of rotatable bonds is 6. The third kappa shape index (κ3) is 4.23. The minimum atomic E-state index is -0.874. The Kier molecular flexibility index (Phi) is 6.42. The van der Waals surface area contributed by atoms with Crippen molar-refractivity contribution < 1.29 is 8.78 Å². The van der Waals surface area contributed by atoms with Crippen LogP contribution >= 0.6 is 23.3 Å². The molecule has 5 rings (SSSR count). The molecular weight excluding hydrogens is 472 g/mol. The maximum atomic E-state index is 13.7. The van der Waals surface area contributed by atoms with E-state index in [9.17, 15) is 8.78 Å². The average molecular weight is 498 g/mol. The molecule has 0 unspecified atom stereocenters. The number of imidazole rings is 1. The second-order valence-electron chi connectivity index (χ2n) is 8.13. The molecule has 34 heavy (non-hydrogen) atoms. The fourth-order valence-electron chi connectivity index (χ4n) is 4.24. The molecule has 0 radical (unpaired) electrons. The van der Waals surface area contributed by atoms with Crippen LogP contribution in [0.1, 0.15) is 24.6 Å². The zero-order valence-electron chi connectivity index (χ0n) is 19.3. The Morgan fingerprint density at radius 3 is 2.65 bits per heavy atom. The summed E-state index contributed by atoms with van der Waals surface area (Å²) >= 11 is 3.24. The first-order chi connectivity index (χ1) is 16.5. The molecule has 0 amide bonds. The van der Waals surface area contributed by atoms with Crippen LogP contribution in [0.5, 0.6) is 0 Å². The monoisotopic (exact) mass is 497 g/mol. The van der Waals surface area contributed by atoms with Crippen molar-refractivity contribution in [2.75, 3.05) is 31.3 Å². The molecule has 1 aliphatic rings. The first-order valence-corrected chi connectivity index (χ1v) is 13.2. The highest BCUT2D eigenvalue weighted by Gasteiger charge is 2.20. The van der Waals surface area contributed by atoms with Crippen molar-refractivity contribution in [1.82, 2.24) is 18.7 Å². The normalized spacial score (nSPS) is 14.6. The summed E-state index contributed by atoms with van der Waals surface area (Å²) in [6.45, 7) is 4.07. The molecular formula is C25H25F2N5S2. The van der Waals surface area contributed by atoms with Crippen molar-refractivity contribution in [3.8, 4) is 11.3 Å². The Morgan fingerprint density at radius 2 is 1.94 bits per heavy atom. The second kappa shape index (κ2) is 9.48. The lowest BCUT2D eigenvalue weighted by Crippen LogP contribution is -2.21. The summed E-state index contributed by atoms with van der Waals surface area (Å²) in [5.41, 5.74) is 5.59. The number of nitrogens with zero attached hydrogens (tertiary/aromatic N) is 5. The van der Waals surface area contributed by atoms with E-state index in [1.54, 1.807) is 18.0 Å². The number of aromatic nitrogens is 3. The van der Waals surface area contributed by atoms with E-state index in [1.807, 2.05) is 17.3 Å². The maximum Gasteiger partial charge on any atom is 0.191 e. The smallest absolute Gasteiger partial charge is 0.191 e. The van der Waals surface area contributed by atoms with Gasteiger partial charge in [-0.15, -0.1) is 11.3 Å². The van der Waals surface area contributed by atoms with Crippen LogP contribution < -0.4 is 4.90 Å². The second-order valence-corrected chi connectivity index (χ2v) is 9.85. The molecule has 1 aromatic carbocycles. The minimum Gasteiger partial charge on any atom is -0.305 e. The van der Waals surface area contributed by atoms with Gasteiger partial charge in [-0.05, 0) is 60.6 Å². The van der Waals surface area contributed by atoms with Gasteiger partial charge in [-0.1, -0.05) is 24.9 Å². The van der Waals surface area contributed by atoms with E-state index < -0.39 is 11.6 Å². The summed E-state index contributed by atoms with van der Waals surface area (Å²) in [6, 6.07) is 8.08. The highest BCUT2D eigenvalue weighted by molar-refractivity contribution is 7.96. The molecule has 4 aromatic rings. The summed E-state index contributed by atoms with van der Waals surface area (Å²) in [6.07, 6.45) is 8.37. The number of hydrogen-bond acceptors (Lipinski definition) is 6. The van der Waals surface area contributed by atoms with E-state index in [0.717, 1.165) is 54.3 Å². The lowest BCUT2D eigenvalue weighted by molar-refractivity contribution is 0.509. The van der Waals surface area contributed by atoms with Crippen LogP contribution in [0.25, 0.3) is 22.5 Å². The first kappa shape index (κ1) is 23.0. The van der Waals surface area contributed by atoms with E-state index in [2.05, 4.69) is 46.3 Å². The largest absolute Gasteiger partial charge is 0.305 e. The fraction of sp³-hybridized carbons (Fsp3) is 0.280. The topological polar surface area (TPSA) is 36.7 Å². The third-order valence-corrected chi connectivity index (χ3v) is 7.88. The zero-order chi connectivity index (χ0) is 23.8. The summed E-state index contributed by atoms with van der Waals surface area (Å²) in [7, 11) is 1.97. The van der Waals surface area contributed by atoms with Crippen LogP contribution in [0.4, 0.5) is 19.7 Å². The predicted molar refractivity (Wildman–Crippen MR) is 138 cm³/mol. The quantitative estimate of drug-likeness (QED) is 0.287. The van der Waals surface area contributed by atoms with Gasteiger partial charge in [0, 0.05) is 37.3 Å². The van der Waals surface area contributed by atoms with Gasteiger partial charge in [-0.25, -0.2) is 23.1 Å².